The second-order valence-electron chi connectivity index (χ2n) is 5.61. The maximum absolute atomic E-state index is 9.99. The van der Waals surface area contributed by atoms with Crippen molar-refractivity contribution in [3.05, 3.63) is 30.1 Å². The second kappa shape index (κ2) is 5.81. The van der Waals surface area contributed by atoms with Gasteiger partial charge < -0.3 is 10.4 Å². The van der Waals surface area contributed by atoms with Crippen LogP contribution in [0.3, 0.4) is 0 Å². The molecule has 0 amide bonds. The molecule has 6 nitrogen and oxygen atoms in total. The molecule has 0 saturated heterocycles. The van der Waals surface area contributed by atoms with Crippen LogP contribution < -0.4 is 5.32 Å². The molecule has 0 spiro atoms. The number of nitrogens with zero attached hydrogens (tertiary/aromatic N) is 4. The minimum Gasteiger partial charge on any atom is -0.394 e. The van der Waals surface area contributed by atoms with Gasteiger partial charge in [0, 0.05) is 13.0 Å². The molecule has 2 N–H and O–H groups in total. The van der Waals surface area contributed by atoms with Crippen LogP contribution in [0, 0.1) is 5.92 Å². The standard InChI is InChI=1S/C15H21N5O/c1-3-10-6-12(21)7-13(10)15-19-18-14-9-17-8-11(20(14)15)4-5-16-2/h4-5,8-10,12-13,16,21H,3,6-7H2,1-2H3/b5-4-. The molecule has 0 radical (unpaired) electrons. The van der Waals surface area contributed by atoms with Crippen LogP contribution in [0.1, 0.15) is 43.6 Å². The van der Waals surface area contributed by atoms with E-state index in [0.29, 0.717) is 5.92 Å². The normalized spacial score (nSPS) is 26.0. The van der Waals surface area contributed by atoms with Gasteiger partial charge in [-0.25, -0.2) is 0 Å². The van der Waals surface area contributed by atoms with Gasteiger partial charge in [-0.1, -0.05) is 13.3 Å². The number of aromatic nitrogens is 4. The number of aliphatic hydroxyl groups is 1. The zero-order valence-corrected chi connectivity index (χ0v) is 12.4. The Labute approximate surface area is 123 Å². The van der Waals surface area contributed by atoms with Crippen molar-refractivity contribution < 1.29 is 5.11 Å². The highest BCUT2D eigenvalue weighted by atomic mass is 16.3. The van der Waals surface area contributed by atoms with Crippen molar-refractivity contribution in [3.8, 4) is 0 Å². The monoisotopic (exact) mass is 287 g/mol. The van der Waals surface area contributed by atoms with Gasteiger partial charge in [0.05, 0.1) is 24.2 Å². The molecule has 1 saturated carbocycles. The lowest BCUT2D eigenvalue weighted by molar-refractivity contribution is 0.176. The lowest BCUT2D eigenvalue weighted by atomic mass is 9.93. The lowest BCUT2D eigenvalue weighted by Gasteiger charge is -2.16. The molecular formula is C15H21N5O. The Morgan fingerprint density at radius 2 is 2.24 bits per heavy atom. The molecule has 6 heteroatoms. The number of hydrogen-bond donors (Lipinski definition) is 2. The summed E-state index contributed by atoms with van der Waals surface area (Å²) in [4.78, 5) is 4.21. The zero-order chi connectivity index (χ0) is 14.8. The van der Waals surface area contributed by atoms with E-state index in [9.17, 15) is 5.11 Å². The minimum absolute atomic E-state index is 0.231. The van der Waals surface area contributed by atoms with Gasteiger partial charge in [-0.05, 0) is 31.0 Å². The number of hydrogen-bond acceptors (Lipinski definition) is 5. The summed E-state index contributed by atoms with van der Waals surface area (Å²) in [5.41, 5.74) is 1.69. The predicted molar refractivity (Wildman–Crippen MR) is 80.6 cm³/mol. The van der Waals surface area contributed by atoms with Crippen molar-refractivity contribution in [2.45, 2.75) is 38.2 Å². The number of aliphatic hydroxyl groups excluding tert-OH is 1. The first-order chi connectivity index (χ1) is 10.2. The molecule has 0 aliphatic heterocycles. The summed E-state index contributed by atoms with van der Waals surface area (Å²) < 4.78 is 2.05. The van der Waals surface area contributed by atoms with Crippen LogP contribution in [0.2, 0.25) is 0 Å². The fourth-order valence-electron chi connectivity index (χ4n) is 3.28. The molecule has 3 rings (SSSR count). The molecule has 1 fully saturated rings. The summed E-state index contributed by atoms with van der Waals surface area (Å²) in [6.07, 6.45) is 9.77. The van der Waals surface area contributed by atoms with Crippen LogP contribution in [0.15, 0.2) is 18.6 Å². The third kappa shape index (κ3) is 2.51. The zero-order valence-electron chi connectivity index (χ0n) is 12.4. The van der Waals surface area contributed by atoms with Crippen molar-refractivity contribution in [1.82, 2.24) is 24.9 Å². The summed E-state index contributed by atoms with van der Waals surface area (Å²) in [6, 6.07) is 0. The molecule has 1 aliphatic carbocycles. The van der Waals surface area contributed by atoms with Gasteiger partial charge in [0.15, 0.2) is 5.65 Å². The summed E-state index contributed by atoms with van der Waals surface area (Å²) in [5, 5.41) is 21.6. The Bertz CT molecular complexity index is 651. The van der Waals surface area contributed by atoms with E-state index >= 15 is 0 Å². The summed E-state index contributed by atoms with van der Waals surface area (Å²) in [7, 11) is 1.86. The fraction of sp³-hybridized carbons (Fsp3) is 0.533. The molecule has 112 valence electrons. The maximum Gasteiger partial charge on any atom is 0.179 e. The highest BCUT2D eigenvalue weighted by Crippen LogP contribution is 2.41. The van der Waals surface area contributed by atoms with Gasteiger partial charge >= 0.3 is 0 Å². The van der Waals surface area contributed by atoms with Crippen molar-refractivity contribution in [2.24, 2.45) is 5.92 Å². The maximum atomic E-state index is 9.99. The molecule has 2 aromatic heterocycles. The van der Waals surface area contributed by atoms with Crippen LogP contribution in [-0.2, 0) is 0 Å². The van der Waals surface area contributed by atoms with Gasteiger partial charge in [0.25, 0.3) is 0 Å². The molecule has 0 aromatic carbocycles. The third-order valence-electron chi connectivity index (χ3n) is 4.31. The molecular weight excluding hydrogens is 266 g/mol. The van der Waals surface area contributed by atoms with E-state index in [1.54, 1.807) is 12.4 Å². The number of nitrogens with one attached hydrogen (secondary N) is 1. The topological polar surface area (TPSA) is 75.3 Å². The SMILES string of the molecule is CCC1CC(O)CC1c1nnc2cncc(/C=C\NC)n12. The first-order valence-corrected chi connectivity index (χ1v) is 7.45. The van der Waals surface area contributed by atoms with Crippen LogP contribution in [0.4, 0.5) is 0 Å². The molecule has 2 aromatic rings. The molecule has 2 heterocycles. The Balaban J connectivity index is 2.08. The quantitative estimate of drug-likeness (QED) is 0.893. The smallest absolute Gasteiger partial charge is 0.179 e. The van der Waals surface area contributed by atoms with Crippen LogP contribution in [0.25, 0.3) is 11.7 Å². The average Bonchev–Trinajstić information content (AvgIpc) is 3.08. The van der Waals surface area contributed by atoms with Crippen molar-refractivity contribution in [2.75, 3.05) is 7.05 Å². The van der Waals surface area contributed by atoms with E-state index in [0.717, 1.165) is 36.4 Å². The second-order valence-corrected chi connectivity index (χ2v) is 5.61. The Morgan fingerprint density at radius 1 is 1.38 bits per heavy atom. The number of fused-ring (bicyclic) bond motifs is 1. The highest BCUT2D eigenvalue weighted by Gasteiger charge is 2.36. The predicted octanol–water partition coefficient (Wildman–Crippen LogP) is 1.58. The fourth-order valence-corrected chi connectivity index (χ4v) is 3.28. The van der Waals surface area contributed by atoms with Gasteiger partial charge in [0.2, 0.25) is 0 Å². The van der Waals surface area contributed by atoms with Gasteiger partial charge in [-0.2, -0.15) is 0 Å². The molecule has 0 bridgehead atoms. The van der Waals surface area contributed by atoms with E-state index < -0.39 is 0 Å². The average molecular weight is 287 g/mol. The lowest BCUT2D eigenvalue weighted by Crippen LogP contribution is -2.11. The first-order valence-electron chi connectivity index (χ1n) is 7.45. The van der Waals surface area contributed by atoms with Crippen LogP contribution in [-0.4, -0.2) is 37.8 Å². The van der Waals surface area contributed by atoms with Crippen LogP contribution >= 0.6 is 0 Å². The van der Waals surface area contributed by atoms with Gasteiger partial charge in [-0.15, -0.1) is 10.2 Å². The number of rotatable bonds is 4. The van der Waals surface area contributed by atoms with Crippen molar-refractivity contribution in [1.29, 1.82) is 0 Å². The Kier molecular flexibility index (Phi) is 3.88. The molecule has 3 atom stereocenters. The van der Waals surface area contributed by atoms with E-state index in [2.05, 4.69) is 27.4 Å². The van der Waals surface area contributed by atoms with Gasteiger partial charge in [-0.3, -0.25) is 9.38 Å². The van der Waals surface area contributed by atoms with E-state index in [1.807, 2.05) is 23.7 Å². The molecule has 3 unspecified atom stereocenters. The van der Waals surface area contributed by atoms with Crippen molar-refractivity contribution >= 4 is 11.7 Å². The van der Waals surface area contributed by atoms with E-state index in [1.165, 1.54) is 0 Å². The summed E-state index contributed by atoms with van der Waals surface area (Å²) in [5.74, 6) is 1.65. The van der Waals surface area contributed by atoms with E-state index in [-0.39, 0.29) is 12.0 Å². The largest absolute Gasteiger partial charge is 0.394 e. The summed E-state index contributed by atoms with van der Waals surface area (Å²) in [6.45, 7) is 2.17. The van der Waals surface area contributed by atoms with Crippen LogP contribution in [0.5, 0.6) is 0 Å². The molecule has 21 heavy (non-hydrogen) atoms. The first kappa shape index (κ1) is 14.0. The van der Waals surface area contributed by atoms with E-state index in [4.69, 9.17) is 0 Å². The highest BCUT2D eigenvalue weighted by molar-refractivity contribution is 5.50. The Morgan fingerprint density at radius 3 is 3.00 bits per heavy atom. The molecule has 1 aliphatic rings. The summed E-state index contributed by atoms with van der Waals surface area (Å²) >= 11 is 0. The van der Waals surface area contributed by atoms with Gasteiger partial charge in [0.1, 0.15) is 5.82 Å². The Hall–Kier alpha value is -1.95. The van der Waals surface area contributed by atoms with Crippen molar-refractivity contribution in [3.63, 3.8) is 0 Å². The minimum atomic E-state index is -0.231. The third-order valence-corrected chi connectivity index (χ3v) is 4.31.